The van der Waals surface area contributed by atoms with Gasteiger partial charge in [-0.15, -0.1) is 11.8 Å². The SMILES string of the molecule is CCC1CCC2SC3NCNC(NC4CCC(O)CC4)C3C2C1. The third-order valence-electron chi connectivity index (χ3n) is 6.81. The summed E-state index contributed by atoms with van der Waals surface area (Å²) in [6.07, 6.45) is 10.2. The van der Waals surface area contributed by atoms with Gasteiger partial charge in [0.1, 0.15) is 0 Å². The highest BCUT2D eigenvalue weighted by Crippen LogP contribution is 2.52. The van der Waals surface area contributed by atoms with Gasteiger partial charge in [-0.25, -0.2) is 0 Å². The fourth-order valence-corrected chi connectivity index (χ4v) is 7.26. The van der Waals surface area contributed by atoms with Crippen molar-refractivity contribution < 1.29 is 5.11 Å². The van der Waals surface area contributed by atoms with Crippen LogP contribution in [0, 0.1) is 17.8 Å². The van der Waals surface area contributed by atoms with Crippen LogP contribution in [-0.2, 0) is 0 Å². The van der Waals surface area contributed by atoms with Crippen molar-refractivity contribution >= 4 is 11.8 Å². The number of nitrogens with one attached hydrogen (secondary N) is 3. The van der Waals surface area contributed by atoms with E-state index in [4.69, 9.17) is 0 Å². The highest BCUT2D eigenvalue weighted by atomic mass is 32.2. The first-order valence-electron chi connectivity index (χ1n) is 9.81. The minimum atomic E-state index is -0.0585. The van der Waals surface area contributed by atoms with Crippen LogP contribution in [0.2, 0.25) is 0 Å². The van der Waals surface area contributed by atoms with Crippen LogP contribution in [0.1, 0.15) is 58.3 Å². The summed E-state index contributed by atoms with van der Waals surface area (Å²) >= 11 is 2.23. The number of thioether (sulfide) groups is 1. The Balaban J connectivity index is 1.43. The molecule has 2 saturated carbocycles. The molecule has 132 valence electrons. The molecule has 4 aliphatic rings. The third-order valence-corrected chi connectivity index (χ3v) is 8.52. The second kappa shape index (κ2) is 7.20. The number of fused-ring (bicyclic) bond motifs is 3. The molecule has 0 aromatic heterocycles. The summed E-state index contributed by atoms with van der Waals surface area (Å²) < 4.78 is 0. The Morgan fingerprint density at radius 3 is 2.70 bits per heavy atom. The molecule has 0 aromatic rings. The zero-order valence-electron chi connectivity index (χ0n) is 14.3. The molecule has 0 amide bonds. The molecule has 4 N–H and O–H groups in total. The van der Waals surface area contributed by atoms with Gasteiger partial charge >= 0.3 is 0 Å². The summed E-state index contributed by atoms with van der Waals surface area (Å²) in [5, 5.41) is 22.6. The molecule has 6 atom stereocenters. The second-order valence-electron chi connectivity index (χ2n) is 8.16. The third kappa shape index (κ3) is 3.45. The first-order chi connectivity index (χ1) is 11.2. The van der Waals surface area contributed by atoms with E-state index in [-0.39, 0.29) is 6.10 Å². The highest BCUT2D eigenvalue weighted by molar-refractivity contribution is 8.00. The Bertz CT molecular complexity index is 402. The quantitative estimate of drug-likeness (QED) is 0.635. The van der Waals surface area contributed by atoms with E-state index in [2.05, 4.69) is 34.6 Å². The van der Waals surface area contributed by atoms with Crippen molar-refractivity contribution in [3.8, 4) is 0 Å². The number of hydrogen-bond acceptors (Lipinski definition) is 5. The van der Waals surface area contributed by atoms with Gasteiger partial charge in [0.05, 0.1) is 17.6 Å². The van der Waals surface area contributed by atoms with E-state index >= 15 is 0 Å². The van der Waals surface area contributed by atoms with Crippen LogP contribution in [0.15, 0.2) is 0 Å². The first kappa shape index (κ1) is 16.6. The molecule has 23 heavy (non-hydrogen) atoms. The van der Waals surface area contributed by atoms with Gasteiger partial charge in [-0.3, -0.25) is 16.0 Å². The molecule has 0 radical (unpaired) electrons. The Morgan fingerprint density at radius 1 is 1.09 bits per heavy atom. The highest BCUT2D eigenvalue weighted by Gasteiger charge is 2.50. The summed E-state index contributed by atoms with van der Waals surface area (Å²) in [5.74, 6) is 2.54. The lowest BCUT2D eigenvalue weighted by Gasteiger charge is -2.43. The standard InChI is InChI=1S/C18H33N3OS/c1-2-11-3-8-15-14(9-11)16-17(19-10-20-18(16)23-15)21-12-4-6-13(22)7-5-12/h11-22H,2-10H2,1H3. The van der Waals surface area contributed by atoms with Gasteiger partial charge in [-0.1, -0.05) is 13.3 Å². The van der Waals surface area contributed by atoms with Crippen molar-refractivity contribution in [1.29, 1.82) is 0 Å². The van der Waals surface area contributed by atoms with Crippen LogP contribution in [0.5, 0.6) is 0 Å². The molecule has 4 rings (SSSR count). The van der Waals surface area contributed by atoms with E-state index in [1.807, 2.05) is 0 Å². The Morgan fingerprint density at radius 2 is 1.91 bits per heavy atom. The maximum atomic E-state index is 9.74. The van der Waals surface area contributed by atoms with Crippen LogP contribution in [-0.4, -0.2) is 40.7 Å². The lowest BCUT2D eigenvalue weighted by atomic mass is 9.72. The second-order valence-corrected chi connectivity index (χ2v) is 9.54. The Labute approximate surface area is 144 Å². The molecular weight excluding hydrogens is 306 g/mol. The van der Waals surface area contributed by atoms with Crippen molar-refractivity contribution in [3.05, 3.63) is 0 Å². The molecular formula is C18H33N3OS. The van der Waals surface area contributed by atoms with Crippen molar-refractivity contribution in [1.82, 2.24) is 16.0 Å². The zero-order chi connectivity index (χ0) is 15.8. The number of aliphatic hydroxyl groups excluding tert-OH is 1. The van der Waals surface area contributed by atoms with Crippen LogP contribution >= 0.6 is 11.8 Å². The molecule has 4 nitrogen and oxygen atoms in total. The van der Waals surface area contributed by atoms with E-state index < -0.39 is 0 Å². The van der Waals surface area contributed by atoms with Crippen molar-refractivity contribution in [3.63, 3.8) is 0 Å². The molecule has 2 heterocycles. The minimum Gasteiger partial charge on any atom is -0.393 e. The molecule has 6 unspecified atom stereocenters. The summed E-state index contributed by atoms with van der Waals surface area (Å²) in [6, 6.07) is 0.587. The maximum absolute atomic E-state index is 9.74. The lowest BCUT2D eigenvalue weighted by molar-refractivity contribution is 0.0887. The van der Waals surface area contributed by atoms with Gasteiger partial charge in [-0.2, -0.15) is 0 Å². The Hall–Kier alpha value is 0.190. The van der Waals surface area contributed by atoms with Gasteiger partial charge in [0.25, 0.3) is 0 Å². The van der Waals surface area contributed by atoms with E-state index in [0.717, 1.165) is 55.4 Å². The Kier molecular flexibility index (Phi) is 5.21. The predicted octanol–water partition coefficient (Wildman–Crippen LogP) is 2.24. The molecule has 2 aliphatic carbocycles. The summed E-state index contributed by atoms with van der Waals surface area (Å²) in [4.78, 5) is 0. The average molecular weight is 340 g/mol. The molecule has 5 heteroatoms. The van der Waals surface area contributed by atoms with Gasteiger partial charge in [0.2, 0.25) is 0 Å². The largest absolute Gasteiger partial charge is 0.393 e. The predicted molar refractivity (Wildman–Crippen MR) is 96.1 cm³/mol. The van der Waals surface area contributed by atoms with Gasteiger partial charge in [0.15, 0.2) is 0 Å². The van der Waals surface area contributed by atoms with Crippen molar-refractivity contribution in [2.45, 2.75) is 87.2 Å². The van der Waals surface area contributed by atoms with E-state index in [9.17, 15) is 5.11 Å². The molecule has 2 aliphatic heterocycles. The fraction of sp³-hybridized carbons (Fsp3) is 1.00. The average Bonchev–Trinajstić information content (AvgIpc) is 2.95. The smallest absolute Gasteiger partial charge is 0.0639 e. The summed E-state index contributed by atoms with van der Waals surface area (Å²) in [7, 11) is 0. The summed E-state index contributed by atoms with van der Waals surface area (Å²) in [5.41, 5.74) is 0. The number of rotatable bonds is 3. The molecule has 2 saturated heterocycles. The van der Waals surface area contributed by atoms with E-state index in [0.29, 0.717) is 17.6 Å². The monoisotopic (exact) mass is 339 g/mol. The molecule has 0 bridgehead atoms. The number of aliphatic hydroxyl groups is 1. The van der Waals surface area contributed by atoms with Crippen LogP contribution in [0.4, 0.5) is 0 Å². The van der Waals surface area contributed by atoms with E-state index in [1.165, 1.54) is 25.7 Å². The topological polar surface area (TPSA) is 56.3 Å². The lowest BCUT2D eigenvalue weighted by Crippen LogP contribution is -2.63. The normalized spacial score (nSPS) is 50.3. The molecule has 0 spiro atoms. The molecule has 4 fully saturated rings. The zero-order valence-corrected chi connectivity index (χ0v) is 15.2. The molecule has 0 aromatic carbocycles. The van der Waals surface area contributed by atoms with Crippen LogP contribution < -0.4 is 16.0 Å². The van der Waals surface area contributed by atoms with Crippen LogP contribution in [0.3, 0.4) is 0 Å². The maximum Gasteiger partial charge on any atom is 0.0639 e. The van der Waals surface area contributed by atoms with Crippen molar-refractivity contribution in [2.24, 2.45) is 17.8 Å². The van der Waals surface area contributed by atoms with Gasteiger partial charge < -0.3 is 5.11 Å². The number of hydrogen-bond donors (Lipinski definition) is 4. The van der Waals surface area contributed by atoms with Gasteiger partial charge in [0, 0.05) is 23.9 Å². The van der Waals surface area contributed by atoms with Crippen LogP contribution in [0.25, 0.3) is 0 Å². The minimum absolute atomic E-state index is 0.0585. The van der Waals surface area contributed by atoms with Gasteiger partial charge in [-0.05, 0) is 56.8 Å². The summed E-state index contributed by atoms with van der Waals surface area (Å²) in [6.45, 7) is 3.29. The first-order valence-corrected chi connectivity index (χ1v) is 10.7. The fourth-order valence-electron chi connectivity index (χ4n) is 5.40. The van der Waals surface area contributed by atoms with Crippen molar-refractivity contribution in [2.75, 3.05) is 6.67 Å². The van der Waals surface area contributed by atoms with E-state index in [1.54, 1.807) is 0 Å².